The van der Waals surface area contributed by atoms with Gasteiger partial charge in [0.15, 0.2) is 0 Å². The molecule has 0 saturated carbocycles. The van der Waals surface area contributed by atoms with Crippen LogP contribution in [0.3, 0.4) is 0 Å². The molecule has 0 bridgehead atoms. The number of esters is 4. The normalized spacial score (nSPS) is 16.5. The Morgan fingerprint density at radius 2 is 0.867 bits per heavy atom. The lowest BCUT2D eigenvalue weighted by Crippen LogP contribution is -2.43. The number of carbonyl (C=O) groups excluding carboxylic acids is 8. The predicted molar refractivity (Wildman–Crippen MR) is 488 cm³/mol. The van der Waals surface area contributed by atoms with Crippen molar-refractivity contribution < 1.29 is 95.6 Å². The van der Waals surface area contributed by atoms with Crippen LogP contribution < -0.4 is 5.32 Å². The molecule has 11 rings (SSSR count). The molecule has 1 unspecified atom stereocenters. The number of ketones is 3. The lowest BCUT2D eigenvalue weighted by atomic mass is 9.83. The summed E-state index contributed by atoms with van der Waals surface area (Å²) in [6.07, 6.45) is 12.9. The first kappa shape index (κ1) is 108. The number of nitrogens with zero attached hydrogens (tertiary/aromatic N) is 5. The van der Waals surface area contributed by atoms with Crippen molar-refractivity contribution in [2.45, 2.75) is 138 Å². The number of Topliss-reactive ketones (excluding diaryl/α,β-unsaturated/α-hetero) is 3. The molecule has 26 nitrogen and oxygen atoms in total. The van der Waals surface area contributed by atoms with Crippen LogP contribution in [0.25, 0.3) is 10.6 Å². The third kappa shape index (κ3) is 42.3. The highest BCUT2D eigenvalue weighted by Gasteiger charge is 2.38. The van der Waals surface area contributed by atoms with Gasteiger partial charge < -0.3 is 77.5 Å². The standard InChI is InChI=1S/C15H19Br2NO2.C15H19NO2.C14H16BrNO2.C11H15O5P.C9H9BrO2.2C6H12BNO2.C5H9ClO2.C5H9NO/c1-18-9-7-15(17,8-10-18)13(16)11-3-5-12(6-4-11)14(19)20-2;1-16-9-7-13(8-10-16)11-12-3-5-14(6-4-12)15(17)18-2;1-16-8-6-11(7-9-16)13(15)10-2-4-12(5-3-10)14(17)18;1-14-11(12)10-6-4-9(5-7-10)8-17(13,15-2)16-3;1-12-9(11)8-4-2-7(6-10)3-5-8;2*1-7(10)8-4-2-6(9)3-5-8;1-5(2,3)8-4(6)7;7-5-1-3-6-4-2-5/h3-6,13H,7-10H2,1-2H3;3-6,11H,7-10H2,1-2H3;2-5H,6-9H2,1H3,(H,17,18);4-7H,8H2,1-3H3;2-5H,6H2,1H3;2*10H,2-5H2,1H3;1-3H3;6H,1-4H2. The summed E-state index contributed by atoms with van der Waals surface area (Å²) in [5.74, 6) is -1.13. The van der Waals surface area contributed by atoms with E-state index >= 15 is 0 Å². The number of carboxylic acid groups (broad SMARTS) is 1. The number of hydrogen-bond acceptors (Lipinski definition) is 25. The number of carboxylic acids is 1. The second-order valence-corrected chi connectivity index (χ2v) is 36.4. The Balaban J connectivity index is 0.000000355. The Kier molecular flexibility index (Phi) is 51.3. The van der Waals surface area contributed by atoms with Gasteiger partial charge in [-0.3, -0.25) is 18.9 Å². The highest BCUT2D eigenvalue weighted by molar-refractivity contribution is 9.15. The van der Waals surface area contributed by atoms with Gasteiger partial charge in [-0.25, -0.2) is 28.8 Å². The van der Waals surface area contributed by atoms with Gasteiger partial charge in [-0.2, -0.15) is 0 Å². The number of nitrogens with one attached hydrogen (secondary N) is 1. The summed E-state index contributed by atoms with van der Waals surface area (Å²) < 4.78 is 45.8. The zero-order valence-corrected chi connectivity index (χ0v) is 79.6. The fraction of sp³-hybridized carbons (Fsp3) is 0.500. The quantitative estimate of drug-likeness (QED) is 0.0178. The molecule has 34 heteroatoms. The van der Waals surface area contributed by atoms with Crippen LogP contribution >= 0.6 is 82.9 Å². The number of rotatable bonds is 16. The summed E-state index contributed by atoms with van der Waals surface area (Å²) in [7, 11) is 10.8. The summed E-state index contributed by atoms with van der Waals surface area (Å²) in [6, 6.07) is 36.1. The van der Waals surface area contributed by atoms with Crippen molar-refractivity contribution in [1.29, 1.82) is 0 Å². The molecule has 0 spiro atoms. The predicted octanol–water partition coefficient (Wildman–Crippen LogP) is 16.0. The average molecular weight is 1970 g/mol. The molecule has 0 radical (unpaired) electrons. The van der Waals surface area contributed by atoms with Crippen molar-refractivity contribution in [3.05, 3.63) is 188 Å². The minimum Gasteiger partial charge on any atom is -0.478 e. The minimum absolute atomic E-state index is 0.0757. The van der Waals surface area contributed by atoms with Gasteiger partial charge in [-0.05, 0) is 222 Å². The third-order valence-electron chi connectivity index (χ3n) is 19.7. The molecule has 660 valence electrons. The Labute approximate surface area is 748 Å². The van der Waals surface area contributed by atoms with Gasteiger partial charge in [0.05, 0.1) is 67.2 Å². The van der Waals surface area contributed by atoms with Crippen molar-refractivity contribution >= 4 is 160 Å². The van der Waals surface area contributed by atoms with E-state index in [0.717, 1.165) is 162 Å². The molecule has 1 atom stereocenters. The maximum Gasteiger partial charge on any atom is 0.404 e. The second-order valence-electron chi connectivity index (χ2n) is 29.9. The highest BCUT2D eigenvalue weighted by atomic mass is 79.9. The van der Waals surface area contributed by atoms with Gasteiger partial charge in [0.1, 0.15) is 23.0 Å². The number of hydrogen-bond donors (Lipinski definition) is 4. The number of ether oxygens (including phenoxy) is 5. The lowest BCUT2D eigenvalue weighted by Gasteiger charge is -2.39. The molecular weight excluding hydrogens is 1840 g/mol. The molecule has 0 aromatic heterocycles. The van der Waals surface area contributed by atoms with Crippen molar-refractivity contribution in [1.82, 2.24) is 29.6 Å². The van der Waals surface area contributed by atoms with Crippen molar-refractivity contribution in [3.8, 4) is 0 Å². The van der Waals surface area contributed by atoms with Crippen LogP contribution in [0.15, 0.2) is 132 Å². The Hall–Kier alpha value is -6.42. The summed E-state index contributed by atoms with van der Waals surface area (Å²) in [6.45, 7) is 20.0. The number of carbonyl (C=O) groups is 9. The van der Waals surface area contributed by atoms with E-state index in [1.54, 1.807) is 82.9 Å². The van der Waals surface area contributed by atoms with Gasteiger partial charge in [0.2, 0.25) is 0 Å². The number of likely N-dealkylation sites (tertiary alicyclic amines) is 3. The third-order valence-corrected chi connectivity index (χ3v) is 26.5. The SMILES string of the molecule is CB(O)N1CCC(=O)CC1.CB(O)N1CCC(=O)CC1.CC(C)(C)OC(=O)Cl.CN1CCC(=C(Br)c2ccc(C(=O)O)cc2)CC1.COC(=O)c1ccc(C(Br)C2(Br)CCN(C)CC2)cc1.COC(=O)c1ccc(C=C2CCN(C)CC2)cc1.COC(=O)c1ccc(CBr)cc1.COC(=O)c1ccc(CP(=O)(OC)OC)cc1.O=C1CCNCC1. The summed E-state index contributed by atoms with van der Waals surface area (Å²) >= 11 is 19.6. The molecule has 6 aliphatic heterocycles. The van der Waals surface area contributed by atoms with E-state index in [2.05, 4.69) is 130 Å². The van der Waals surface area contributed by atoms with Crippen LogP contribution in [0.2, 0.25) is 13.6 Å². The van der Waals surface area contributed by atoms with Crippen LogP contribution in [0, 0.1) is 0 Å². The van der Waals surface area contributed by atoms with Crippen molar-refractivity contribution in [2.75, 3.05) is 142 Å². The zero-order valence-electron chi connectivity index (χ0n) is 71.6. The fourth-order valence-corrected chi connectivity index (χ4v) is 15.7. The zero-order chi connectivity index (χ0) is 89.7. The molecule has 6 saturated heterocycles. The fourth-order valence-electron chi connectivity index (χ4n) is 12.0. The summed E-state index contributed by atoms with van der Waals surface area (Å²) in [5.41, 5.74) is 9.53. The number of alkyl halides is 3. The first-order valence-electron chi connectivity index (χ1n) is 39.5. The Morgan fingerprint density at radius 3 is 1.19 bits per heavy atom. The van der Waals surface area contributed by atoms with Crippen molar-refractivity contribution in [3.63, 3.8) is 0 Å². The average Bonchev–Trinajstić information content (AvgIpc) is 0.802. The number of methoxy groups -OCH3 is 4. The minimum atomic E-state index is -3.06. The van der Waals surface area contributed by atoms with Gasteiger partial charge in [0, 0.05) is 118 Å². The maximum absolute atomic E-state index is 11.9. The number of piperidine rings is 6. The maximum atomic E-state index is 11.9. The molecule has 4 N–H and O–H groups in total. The second kappa shape index (κ2) is 57.2. The molecule has 6 heterocycles. The van der Waals surface area contributed by atoms with Gasteiger partial charge >= 0.3 is 57.0 Å². The van der Waals surface area contributed by atoms with Crippen LogP contribution in [0.5, 0.6) is 0 Å². The first-order chi connectivity index (χ1) is 56.7. The lowest BCUT2D eigenvalue weighted by molar-refractivity contribution is -0.121. The van der Waals surface area contributed by atoms with Crippen LogP contribution in [0.1, 0.15) is 182 Å². The van der Waals surface area contributed by atoms with Gasteiger partial charge in [-0.1, -0.05) is 142 Å². The molecule has 5 aromatic rings. The molecular formula is C86H120B2Br4ClN6O20P. The van der Waals surface area contributed by atoms with Crippen molar-refractivity contribution in [2.24, 2.45) is 0 Å². The molecule has 5 aromatic carbocycles. The van der Waals surface area contributed by atoms with E-state index in [1.165, 1.54) is 59.4 Å². The van der Waals surface area contributed by atoms with Crippen LogP contribution in [-0.2, 0) is 63.2 Å². The highest BCUT2D eigenvalue weighted by Crippen LogP contribution is 2.50. The Bertz CT molecular complexity index is 4030. The van der Waals surface area contributed by atoms with E-state index in [9.17, 15) is 47.7 Å². The smallest absolute Gasteiger partial charge is 0.404 e. The van der Waals surface area contributed by atoms with E-state index < -0.39 is 44.7 Å². The number of halogens is 5. The van der Waals surface area contributed by atoms with E-state index in [4.69, 9.17) is 40.5 Å². The molecule has 0 aliphatic carbocycles. The molecule has 120 heavy (non-hydrogen) atoms. The van der Waals surface area contributed by atoms with Gasteiger partial charge in [0.25, 0.3) is 0 Å². The van der Waals surface area contributed by atoms with Gasteiger partial charge in [-0.15, -0.1) is 0 Å². The Morgan fingerprint density at radius 1 is 0.525 bits per heavy atom. The molecule has 0 amide bonds. The molecule has 6 fully saturated rings. The van der Waals surface area contributed by atoms with E-state index in [-0.39, 0.29) is 33.2 Å². The largest absolute Gasteiger partial charge is 0.478 e. The van der Waals surface area contributed by atoms with E-state index in [0.29, 0.717) is 70.9 Å². The van der Waals surface area contributed by atoms with Crippen LogP contribution in [-0.4, -0.2) is 258 Å². The monoisotopic (exact) mass is 1960 g/mol. The first-order valence-corrected chi connectivity index (χ1v) is 45.2. The molecule has 6 aliphatic rings. The van der Waals surface area contributed by atoms with Crippen LogP contribution in [0.4, 0.5) is 4.79 Å². The number of aromatic carboxylic acids is 1. The van der Waals surface area contributed by atoms with E-state index in [1.807, 2.05) is 82.4 Å². The number of benzene rings is 5. The topological polar surface area (TPSA) is 324 Å². The summed E-state index contributed by atoms with van der Waals surface area (Å²) in [5, 5.41) is 30.9. The summed E-state index contributed by atoms with van der Waals surface area (Å²) in [4.78, 5) is 109.